The van der Waals surface area contributed by atoms with Crippen LogP contribution in [0.1, 0.15) is 25.1 Å². The molecule has 0 spiro atoms. The predicted octanol–water partition coefficient (Wildman–Crippen LogP) is 2.16. The zero-order valence-electron chi connectivity index (χ0n) is 9.10. The highest BCUT2D eigenvalue weighted by molar-refractivity contribution is 7.09. The molecule has 0 bridgehead atoms. The lowest BCUT2D eigenvalue weighted by Crippen LogP contribution is -2.29. The van der Waals surface area contributed by atoms with Crippen LogP contribution in [0.25, 0.3) is 0 Å². The molecule has 15 heavy (non-hydrogen) atoms. The molecule has 0 aliphatic heterocycles. The number of thiophene rings is 1. The van der Waals surface area contributed by atoms with E-state index in [1.807, 2.05) is 31.4 Å². The first-order chi connectivity index (χ1) is 7.09. The second kappa shape index (κ2) is 5.88. The van der Waals surface area contributed by atoms with Crippen LogP contribution in [-0.4, -0.2) is 12.0 Å². The van der Waals surface area contributed by atoms with Crippen LogP contribution >= 0.6 is 11.3 Å². The van der Waals surface area contributed by atoms with Crippen molar-refractivity contribution in [2.45, 2.75) is 32.9 Å². The van der Waals surface area contributed by atoms with Crippen molar-refractivity contribution in [2.24, 2.45) is 11.7 Å². The maximum absolute atomic E-state index is 11.4. The molecule has 1 rings (SSSR count). The number of hydrogen-bond acceptors (Lipinski definition) is 4. The summed E-state index contributed by atoms with van der Waals surface area (Å²) in [5.41, 5.74) is 5.77. The normalized spacial score (nSPS) is 12.8. The molecule has 0 amide bonds. The van der Waals surface area contributed by atoms with Crippen LogP contribution in [0.3, 0.4) is 0 Å². The second-order valence-electron chi connectivity index (χ2n) is 3.85. The van der Waals surface area contributed by atoms with E-state index in [9.17, 15) is 4.79 Å². The molecule has 1 heterocycles. The lowest BCUT2D eigenvalue weighted by atomic mass is 10.0. The number of esters is 1. The molecule has 1 unspecified atom stereocenters. The maximum atomic E-state index is 11.4. The van der Waals surface area contributed by atoms with Gasteiger partial charge in [0.2, 0.25) is 0 Å². The fourth-order valence-corrected chi connectivity index (χ4v) is 1.65. The highest BCUT2D eigenvalue weighted by Crippen LogP contribution is 2.11. The Bertz CT molecular complexity index is 296. The molecule has 0 aromatic carbocycles. The van der Waals surface area contributed by atoms with E-state index in [0.717, 1.165) is 4.88 Å². The summed E-state index contributed by atoms with van der Waals surface area (Å²) in [4.78, 5) is 12.4. The Morgan fingerprint density at radius 3 is 2.87 bits per heavy atom. The van der Waals surface area contributed by atoms with Crippen LogP contribution in [-0.2, 0) is 16.1 Å². The molecular formula is C11H17NO2S. The molecule has 1 aromatic heterocycles. The van der Waals surface area contributed by atoms with E-state index in [4.69, 9.17) is 10.5 Å². The van der Waals surface area contributed by atoms with Crippen molar-refractivity contribution in [1.82, 2.24) is 0 Å². The predicted molar refractivity (Wildman–Crippen MR) is 61.5 cm³/mol. The SMILES string of the molecule is CC(C)C(N)CC(=O)OCc1cccs1. The Kier molecular flexibility index (Phi) is 4.78. The lowest BCUT2D eigenvalue weighted by molar-refractivity contribution is -0.145. The summed E-state index contributed by atoms with van der Waals surface area (Å²) in [6, 6.07) is 3.77. The summed E-state index contributed by atoms with van der Waals surface area (Å²) in [7, 11) is 0. The van der Waals surface area contributed by atoms with Crippen molar-refractivity contribution in [2.75, 3.05) is 0 Å². The van der Waals surface area contributed by atoms with Crippen molar-refractivity contribution >= 4 is 17.3 Å². The van der Waals surface area contributed by atoms with Crippen LogP contribution in [0.15, 0.2) is 17.5 Å². The zero-order valence-corrected chi connectivity index (χ0v) is 9.92. The van der Waals surface area contributed by atoms with Crippen molar-refractivity contribution in [3.05, 3.63) is 22.4 Å². The molecule has 0 saturated heterocycles. The van der Waals surface area contributed by atoms with E-state index in [2.05, 4.69) is 0 Å². The van der Waals surface area contributed by atoms with Gasteiger partial charge in [-0.25, -0.2) is 0 Å². The number of rotatable bonds is 5. The Morgan fingerprint density at radius 2 is 2.33 bits per heavy atom. The quantitative estimate of drug-likeness (QED) is 0.784. The number of hydrogen-bond donors (Lipinski definition) is 1. The van der Waals surface area contributed by atoms with Gasteiger partial charge < -0.3 is 10.5 Å². The Morgan fingerprint density at radius 1 is 1.60 bits per heavy atom. The fraction of sp³-hybridized carbons (Fsp3) is 0.545. The third-order valence-corrected chi connectivity index (χ3v) is 3.06. The Hall–Kier alpha value is -0.870. The van der Waals surface area contributed by atoms with Crippen molar-refractivity contribution in [3.8, 4) is 0 Å². The van der Waals surface area contributed by atoms with Crippen molar-refractivity contribution < 1.29 is 9.53 Å². The first-order valence-corrected chi connectivity index (χ1v) is 5.91. The van der Waals surface area contributed by atoms with E-state index in [0.29, 0.717) is 18.9 Å². The van der Waals surface area contributed by atoms with Gasteiger partial charge in [0, 0.05) is 10.9 Å². The first kappa shape index (κ1) is 12.2. The highest BCUT2D eigenvalue weighted by atomic mass is 32.1. The van der Waals surface area contributed by atoms with Gasteiger partial charge in [-0.2, -0.15) is 0 Å². The lowest BCUT2D eigenvalue weighted by Gasteiger charge is -2.14. The summed E-state index contributed by atoms with van der Waals surface area (Å²) in [5, 5.41) is 1.96. The van der Waals surface area contributed by atoms with Gasteiger partial charge in [0.25, 0.3) is 0 Å². The fourth-order valence-electron chi connectivity index (χ4n) is 1.03. The molecule has 0 aliphatic carbocycles. The molecule has 84 valence electrons. The van der Waals surface area contributed by atoms with Crippen LogP contribution in [0.5, 0.6) is 0 Å². The Balaban J connectivity index is 2.25. The Labute approximate surface area is 94.2 Å². The van der Waals surface area contributed by atoms with E-state index < -0.39 is 0 Å². The van der Waals surface area contributed by atoms with Crippen LogP contribution in [0, 0.1) is 5.92 Å². The molecule has 0 aliphatic rings. The van der Waals surface area contributed by atoms with Crippen LogP contribution < -0.4 is 5.73 Å². The van der Waals surface area contributed by atoms with Crippen molar-refractivity contribution in [1.29, 1.82) is 0 Å². The van der Waals surface area contributed by atoms with Gasteiger partial charge in [-0.15, -0.1) is 11.3 Å². The average molecular weight is 227 g/mol. The maximum Gasteiger partial charge on any atom is 0.307 e. The molecule has 0 fully saturated rings. The average Bonchev–Trinajstić information content (AvgIpc) is 2.66. The number of carbonyl (C=O) groups is 1. The number of ether oxygens (including phenoxy) is 1. The molecule has 1 atom stereocenters. The largest absolute Gasteiger partial charge is 0.460 e. The van der Waals surface area contributed by atoms with Gasteiger partial charge in [-0.3, -0.25) is 4.79 Å². The summed E-state index contributed by atoms with van der Waals surface area (Å²) in [6.07, 6.45) is 0.295. The first-order valence-electron chi connectivity index (χ1n) is 5.03. The zero-order chi connectivity index (χ0) is 11.3. The van der Waals surface area contributed by atoms with Gasteiger partial charge in [0.1, 0.15) is 6.61 Å². The summed E-state index contributed by atoms with van der Waals surface area (Å²) in [6.45, 7) is 4.36. The van der Waals surface area contributed by atoms with E-state index in [1.165, 1.54) is 0 Å². The molecule has 4 heteroatoms. The van der Waals surface area contributed by atoms with E-state index >= 15 is 0 Å². The standard InChI is InChI=1S/C11H17NO2S/c1-8(2)10(12)6-11(13)14-7-9-4-3-5-15-9/h3-5,8,10H,6-7,12H2,1-2H3. The van der Waals surface area contributed by atoms with Crippen LogP contribution in [0.4, 0.5) is 0 Å². The number of nitrogens with two attached hydrogens (primary N) is 1. The van der Waals surface area contributed by atoms with Gasteiger partial charge in [-0.05, 0) is 17.4 Å². The minimum atomic E-state index is -0.218. The highest BCUT2D eigenvalue weighted by Gasteiger charge is 2.13. The summed E-state index contributed by atoms with van der Waals surface area (Å²) < 4.78 is 5.10. The van der Waals surface area contributed by atoms with Gasteiger partial charge >= 0.3 is 5.97 Å². The molecule has 0 radical (unpaired) electrons. The topological polar surface area (TPSA) is 52.3 Å². The van der Waals surface area contributed by atoms with E-state index in [1.54, 1.807) is 11.3 Å². The third kappa shape index (κ3) is 4.44. The van der Waals surface area contributed by atoms with Gasteiger partial charge in [0.05, 0.1) is 6.42 Å². The number of carbonyl (C=O) groups excluding carboxylic acids is 1. The van der Waals surface area contributed by atoms with Crippen molar-refractivity contribution in [3.63, 3.8) is 0 Å². The van der Waals surface area contributed by atoms with Crippen LogP contribution in [0.2, 0.25) is 0 Å². The minimum absolute atomic E-state index is 0.110. The smallest absolute Gasteiger partial charge is 0.307 e. The summed E-state index contributed by atoms with van der Waals surface area (Å²) >= 11 is 1.58. The minimum Gasteiger partial charge on any atom is -0.460 e. The molecule has 1 aromatic rings. The second-order valence-corrected chi connectivity index (χ2v) is 4.88. The van der Waals surface area contributed by atoms with E-state index in [-0.39, 0.29) is 12.0 Å². The molecule has 0 saturated carbocycles. The van der Waals surface area contributed by atoms with Gasteiger partial charge in [-0.1, -0.05) is 19.9 Å². The van der Waals surface area contributed by atoms with Gasteiger partial charge in [0.15, 0.2) is 0 Å². The molecule has 2 N–H and O–H groups in total. The third-order valence-electron chi connectivity index (χ3n) is 2.21. The molecule has 3 nitrogen and oxygen atoms in total. The summed E-state index contributed by atoms with van der Waals surface area (Å²) in [5.74, 6) is 0.0869. The monoisotopic (exact) mass is 227 g/mol. The molecular weight excluding hydrogens is 210 g/mol.